The van der Waals surface area contributed by atoms with E-state index in [4.69, 9.17) is 11.6 Å². The molecule has 0 aliphatic rings. The molecule has 0 saturated carbocycles. The number of halogens is 1. The van der Waals surface area contributed by atoms with E-state index < -0.39 is 0 Å². The molecular weight excluding hydrogens is 372 g/mol. The van der Waals surface area contributed by atoms with Gasteiger partial charge in [0.2, 0.25) is 0 Å². The molecule has 0 unspecified atom stereocenters. The van der Waals surface area contributed by atoms with Crippen LogP contribution in [0, 0.1) is 6.92 Å². The van der Waals surface area contributed by atoms with E-state index in [1.54, 1.807) is 11.6 Å². The van der Waals surface area contributed by atoms with E-state index in [2.05, 4.69) is 21.9 Å². The van der Waals surface area contributed by atoms with Crippen molar-refractivity contribution in [1.82, 2.24) is 14.3 Å². The van der Waals surface area contributed by atoms with Crippen LogP contribution in [0.2, 0.25) is 5.15 Å². The fourth-order valence-corrected chi connectivity index (χ4v) is 3.74. The molecule has 1 amide bonds. The summed E-state index contributed by atoms with van der Waals surface area (Å²) in [6.45, 7) is 5.33. The van der Waals surface area contributed by atoms with Crippen molar-refractivity contribution in [2.24, 2.45) is 0 Å². The zero-order chi connectivity index (χ0) is 19.7. The molecule has 0 fully saturated rings. The molecule has 4 rings (SSSR count). The van der Waals surface area contributed by atoms with Gasteiger partial charge in [-0.25, -0.2) is 4.68 Å². The van der Waals surface area contributed by atoms with Crippen LogP contribution in [0.3, 0.4) is 0 Å². The minimum Gasteiger partial charge on any atom is -0.348 e. The van der Waals surface area contributed by atoms with E-state index in [0.717, 1.165) is 28.7 Å². The van der Waals surface area contributed by atoms with Crippen molar-refractivity contribution in [2.45, 2.75) is 26.9 Å². The highest BCUT2D eigenvalue weighted by atomic mass is 35.5. The van der Waals surface area contributed by atoms with Gasteiger partial charge in [-0.15, -0.1) is 0 Å². The molecule has 0 saturated heterocycles. The number of rotatable bonds is 5. The van der Waals surface area contributed by atoms with Crippen LogP contribution in [0.15, 0.2) is 60.8 Å². The monoisotopic (exact) mass is 392 g/mol. The van der Waals surface area contributed by atoms with Gasteiger partial charge < -0.3 is 9.88 Å². The Hall–Kier alpha value is -3.05. The topological polar surface area (TPSA) is 51.9 Å². The third kappa shape index (κ3) is 3.41. The number of hydrogen-bond acceptors (Lipinski definition) is 2. The van der Waals surface area contributed by atoms with E-state index in [0.29, 0.717) is 23.0 Å². The summed E-state index contributed by atoms with van der Waals surface area (Å²) in [5.41, 5.74) is 3.97. The number of carbonyl (C=O) groups is 1. The lowest BCUT2D eigenvalue weighted by molar-refractivity contribution is 0.102. The Morgan fingerprint density at radius 3 is 2.68 bits per heavy atom. The molecule has 6 heteroatoms. The molecule has 0 aliphatic carbocycles. The number of benzene rings is 2. The third-order valence-corrected chi connectivity index (χ3v) is 5.22. The number of nitrogens with zero attached hydrogens (tertiary/aromatic N) is 3. The van der Waals surface area contributed by atoms with Crippen molar-refractivity contribution in [2.75, 3.05) is 5.32 Å². The molecule has 1 N–H and O–H groups in total. The molecule has 0 radical (unpaired) electrons. The highest BCUT2D eigenvalue weighted by molar-refractivity contribution is 6.33. The summed E-state index contributed by atoms with van der Waals surface area (Å²) in [6, 6.07) is 17.8. The van der Waals surface area contributed by atoms with Gasteiger partial charge in [-0.05, 0) is 43.7 Å². The summed E-state index contributed by atoms with van der Waals surface area (Å²) in [7, 11) is 0. The predicted octanol–water partition coefficient (Wildman–Crippen LogP) is 5.12. The average molecular weight is 393 g/mol. The van der Waals surface area contributed by atoms with Crippen LogP contribution >= 0.6 is 11.6 Å². The van der Waals surface area contributed by atoms with Crippen LogP contribution in [0.1, 0.15) is 28.5 Å². The summed E-state index contributed by atoms with van der Waals surface area (Å²) >= 11 is 6.49. The first-order valence-electron chi connectivity index (χ1n) is 9.24. The van der Waals surface area contributed by atoms with Crippen LogP contribution in [0.5, 0.6) is 0 Å². The standard InChI is InChI=1S/C22H21ClN4O/c1-3-26-12-11-17-13-18(9-10-19(17)26)24-22(28)20-15(2)25-27(21(20)23)14-16-7-5-4-6-8-16/h4-13H,3,14H2,1-2H3,(H,24,28). The number of carbonyl (C=O) groups excluding carboxylic acids is 1. The number of nitrogens with one attached hydrogen (secondary N) is 1. The van der Waals surface area contributed by atoms with Gasteiger partial charge in [-0.1, -0.05) is 41.9 Å². The predicted molar refractivity (Wildman–Crippen MR) is 113 cm³/mol. The highest BCUT2D eigenvalue weighted by Gasteiger charge is 2.20. The molecule has 2 aromatic carbocycles. The van der Waals surface area contributed by atoms with Gasteiger partial charge in [-0.3, -0.25) is 4.79 Å². The van der Waals surface area contributed by atoms with E-state index in [1.807, 2.05) is 60.8 Å². The second kappa shape index (κ2) is 7.52. The van der Waals surface area contributed by atoms with Crippen molar-refractivity contribution in [1.29, 1.82) is 0 Å². The molecule has 142 valence electrons. The Kier molecular flexibility index (Phi) is 4.92. The molecule has 5 nitrogen and oxygen atoms in total. The maximum Gasteiger partial charge on any atom is 0.260 e. The second-order valence-electron chi connectivity index (χ2n) is 6.72. The van der Waals surface area contributed by atoms with Gasteiger partial charge in [0.1, 0.15) is 5.15 Å². The number of aromatic nitrogens is 3. The fourth-order valence-electron chi connectivity index (χ4n) is 3.42. The maximum absolute atomic E-state index is 12.9. The lowest BCUT2D eigenvalue weighted by Crippen LogP contribution is -2.13. The van der Waals surface area contributed by atoms with Crippen molar-refractivity contribution < 1.29 is 4.79 Å². The van der Waals surface area contributed by atoms with Gasteiger partial charge in [0.25, 0.3) is 5.91 Å². The van der Waals surface area contributed by atoms with E-state index in [-0.39, 0.29) is 5.91 Å². The van der Waals surface area contributed by atoms with E-state index in [9.17, 15) is 4.79 Å². The van der Waals surface area contributed by atoms with Gasteiger partial charge in [-0.2, -0.15) is 5.10 Å². The van der Waals surface area contributed by atoms with Crippen LogP contribution in [-0.4, -0.2) is 20.3 Å². The first kappa shape index (κ1) is 18.3. The van der Waals surface area contributed by atoms with Gasteiger partial charge in [0, 0.05) is 29.3 Å². The fraction of sp³-hybridized carbons (Fsp3) is 0.182. The first-order valence-corrected chi connectivity index (χ1v) is 9.61. The van der Waals surface area contributed by atoms with Crippen LogP contribution < -0.4 is 5.32 Å². The lowest BCUT2D eigenvalue weighted by Gasteiger charge is -2.07. The van der Waals surface area contributed by atoms with Gasteiger partial charge in [0.05, 0.1) is 17.8 Å². The van der Waals surface area contributed by atoms with E-state index in [1.165, 1.54) is 0 Å². The number of amides is 1. The van der Waals surface area contributed by atoms with Crippen LogP contribution in [0.25, 0.3) is 10.9 Å². The SMILES string of the molecule is CCn1ccc2cc(NC(=O)c3c(C)nn(Cc4ccccc4)c3Cl)ccc21. The molecule has 4 aromatic rings. The van der Waals surface area contributed by atoms with Crippen molar-refractivity contribution >= 4 is 34.1 Å². The average Bonchev–Trinajstić information content (AvgIpc) is 3.22. The zero-order valence-corrected chi connectivity index (χ0v) is 16.6. The highest BCUT2D eigenvalue weighted by Crippen LogP contribution is 2.24. The number of fused-ring (bicyclic) bond motifs is 1. The summed E-state index contributed by atoms with van der Waals surface area (Å²) in [5, 5.41) is 8.83. The number of hydrogen-bond donors (Lipinski definition) is 1. The summed E-state index contributed by atoms with van der Waals surface area (Å²) in [5.74, 6) is -0.254. The van der Waals surface area contributed by atoms with Gasteiger partial charge in [0.15, 0.2) is 0 Å². The Labute approximate surface area is 168 Å². The smallest absolute Gasteiger partial charge is 0.260 e. The third-order valence-electron chi connectivity index (χ3n) is 4.84. The normalized spacial score (nSPS) is 11.1. The van der Waals surface area contributed by atoms with Gasteiger partial charge >= 0.3 is 0 Å². The van der Waals surface area contributed by atoms with Crippen LogP contribution in [0.4, 0.5) is 5.69 Å². The minimum atomic E-state index is -0.254. The zero-order valence-electron chi connectivity index (χ0n) is 15.8. The molecular formula is C22H21ClN4O. The van der Waals surface area contributed by atoms with Crippen molar-refractivity contribution in [3.63, 3.8) is 0 Å². The first-order chi connectivity index (χ1) is 13.6. The molecule has 0 bridgehead atoms. The van der Waals surface area contributed by atoms with Crippen LogP contribution in [-0.2, 0) is 13.1 Å². The Balaban J connectivity index is 1.58. The summed E-state index contributed by atoms with van der Waals surface area (Å²) < 4.78 is 3.82. The minimum absolute atomic E-state index is 0.254. The Bertz CT molecular complexity index is 1140. The Morgan fingerprint density at radius 2 is 1.93 bits per heavy atom. The number of anilines is 1. The lowest BCUT2D eigenvalue weighted by atomic mass is 10.2. The molecule has 0 aliphatic heterocycles. The van der Waals surface area contributed by atoms with Crippen molar-refractivity contribution in [3.8, 4) is 0 Å². The summed E-state index contributed by atoms with van der Waals surface area (Å²) in [6.07, 6.45) is 2.05. The Morgan fingerprint density at radius 1 is 1.14 bits per heavy atom. The largest absolute Gasteiger partial charge is 0.348 e. The quantitative estimate of drug-likeness (QED) is 0.512. The van der Waals surface area contributed by atoms with Crippen molar-refractivity contribution in [3.05, 3.63) is 82.8 Å². The summed E-state index contributed by atoms with van der Waals surface area (Å²) in [4.78, 5) is 12.9. The number of aryl methyl sites for hydroxylation is 2. The molecule has 2 heterocycles. The molecule has 28 heavy (non-hydrogen) atoms. The van der Waals surface area contributed by atoms with E-state index >= 15 is 0 Å². The second-order valence-corrected chi connectivity index (χ2v) is 7.08. The molecule has 0 spiro atoms. The molecule has 0 atom stereocenters. The molecule has 2 aromatic heterocycles. The maximum atomic E-state index is 12.9.